The molecule has 120 valence electrons. The molecule has 0 aliphatic carbocycles. The Morgan fingerprint density at radius 2 is 2.09 bits per heavy atom. The van der Waals surface area contributed by atoms with Crippen molar-refractivity contribution < 1.29 is 9.90 Å². The van der Waals surface area contributed by atoms with E-state index in [9.17, 15) is 9.90 Å². The van der Waals surface area contributed by atoms with Gasteiger partial charge in [0.15, 0.2) is 0 Å². The summed E-state index contributed by atoms with van der Waals surface area (Å²) in [6, 6.07) is 11.4. The average molecular weight is 535 g/mol. The first-order chi connectivity index (χ1) is 11.0. The van der Waals surface area contributed by atoms with E-state index in [1.54, 1.807) is 6.07 Å². The van der Waals surface area contributed by atoms with Gasteiger partial charge in [-0.2, -0.15) is 5.10 Å². The lowest BCUT2D eigenvalue weighted by atomic mass is 10.2. The minimum atomic E-state index is -0.262. The fourth-order valence-electron chi connectivity index (χ4n) is 1.84. The highest BCUT2D eigenvalue weighted by Gasteiger charge is 2.05. The van der Waals surface area contributed by atoms with Crippen molar-refractivity contribution in [3.05, 3.63) is 54.7 Å². The van der Waals surface area contributed by atoms with E-state index < -0.39 is 0 Å². The zero-order valence-corrected chi connectivity index (χ0v) is 16.6. The van der Waals surface area contributed by atoms with Crippen LogP contribution in [0.1, 0.15) is 11.1 Å². The van der Waals surface area contributed by atoms with Crippen molar-refractivity contribution in [2.24, 2.45) is 5.10 Å². The summed E-state index contributed by atoms with van der Waals surface area (Å²) >= 11 is 4.21. The molecule has 0 spiro atoms. The highest BCUT2D eigenvalue weighted by atomic mass is 127. The van der Waals surface area contributed by atoms with Gasteiger partial charge in [0.25, 0.3) is 5.91 Å². The van der Waals surface area contributed by atoms with E-state index >= 15 is 0 Å². The van der Waals surface area contributed by atoms with Crippen molar-refractivity contribution >= 4 is 63.0 Å². The lowest BCUT2D eigenvalue weighted by molar-refractivity contribution is -0.119. The molecule has 5 nitrogen and oxygen atoms in total. The van der Waals surface area contributed by atoms with Crippen molar-refractivity contribution in [1.82, 2.24) is 5.43 Å². The molecule has 3 N–H and O–H groups in total. The molecule has 2 rings (SSSR count). The van der Waals surface area contributed by atoms with Crippen molar-refractivity contribution in [2.45, 2.75) is 6.92 Å². The van der Waals surface area contributed by atoms with Crippen LogP contribution in [0.2, 0.25) is 0 Å². The van der Waals surface area contributed by atoms with Crippen LogP contribution in [0, 0.1) is 14.1 Å². The third kappa shape index (κ3) is 5.65. The molecule has 0 bridgehead atoms. The summed E-state index contributed by atoms with van der Waals surface area (Å²) in [7, 11) is 0. The van der Waals surface area contributed by atoms with Crippen LogP contribution in [0.5, 0.6) is 5.75 Å². The summed E-state index contributed by atoms with van der Waals surface area (Å²) in [5, 5.41) is 16.8. The number of nitrogens with one attached hydrogen (secondary N) is 2. The molecule has 2 aromatic carbocycles. The maximum absolute atomic E-state index is 11.8. The second-order valence-electron chi connectivity index (χ2n) is 4.84. The Balaban J connectivity index is 1.89. The van der Waals surface area contributed by atoms with Gasteiger partial charge in [-0.15, -0.1) is 0 Å². The number of hydrazone groups is 1. The van der Waals surface area contributed by atoms with Gasteiger partial charge < -0.3 is 10.4 Å². The second kappa shape index (κ2) is 8.48. The predicted octanol–water partition coefficient (Wildman–Crippen LogP) is 3.47. The summed E-state index contributed by atoms with van der Waals surface area (Å²) in [6.07, 6.45) is 1.43. The molecular formula is C16H15I2N3O2. The first kappa shape index (κ1) is 18.0. The molecular weight excluding hydrogens is 520 g/mol. The number of phenols is 1. The third-order valence-corrected chi connectivity index (χ3v) is 4.37. The van der Waals surface area contributed by atoms with E-state index in [-0.39, 0.29) is 18.2 Å². The van der Waals surface area contributed by atoms with Crippen molar-refractivity contribution in [1.29, 1.82) is 0 Å². The maximum atomic E-state index is 11.8. The summed E-state index contributed by atoms with van der Waals surface area (Å²) in [6.45, 7) is 2.11. The van der Waals surface area contributed by atoms with E-state index in [0.29, 0.717) is 5.56 Å². The van der Waals surface area contributed by atoms with Gasteiger partial charge in [0.05, 0.1) is 16.3 Å². The number of halogens is 2. The van der Waals surface area contributed by atoms with Gasteiger partial charge in [0.1, 0.15) is 5.75 Å². The van der Waals surface area contributed by atoms with Crippen LogP contribution in [0.4, 0.5) is 5.69 Å². The Morgan fingerprint density at radius 3 is 2.83 bits per heavy atom. The number of benzene rings is 2. The first-order valence-corrected chi connectivity index (χ1v) is 8.92. The van der Waals surface area contributed by atoms with Crippen molar-refractivity contribution in [3.8, 4) is 5.75 Å². The minimum absolute atomic E-state index is 0.122. The van der Waals surface area contributed by atoms with E-state index in [0.717, 1.165) is 18.4 Å². The molecule has 2 aromatic rings. The number of nitrogens with zero attached hydrogens (tertiary/aromatic N) is 1. The smallest absolute Gasteiger partial charge is 0.259 e. The summed E-state index contributed by atoms with van der Waals surface area (Å²) in [4.78, 5) is 11.8. The number of phenolic OH excluding ortho intramolecular Hbond substituents is 1. The molecule has 23 heavy (non-hydrogen) atoms. The standard InChI is InChI=1S/C16H15I2N3O2/c1-10-3-2-4-13(5-10)19-9-15(22)21-20-8-11-6-12(17)7-14(18)16(11)23/h2-8,19,23H,9H2,1H3,(H,21,22)/b20-8-. The lowest BCUT2D eigenvalue weighted by Crippen LogP contribution is -2.25. The second-order valence-corrected chi connectivity index (χ2v) is 7.25. The Hall–Kier alpha value is -1.36. The molecule has 0 atom stereocenters. The van der Waals surface area contributed by atoms with Crippen LogP contribution < -0.4 is 10.7 Å². The van der Waals surface area contributed by atoms with Gasteiger partial charge in [-0.3, -0.25) is 4.79 Å². The lowest BCUT2D eigenvalue weighted by Gasteiger charge is -2.06. The third-order valence-electron chi connectivity index (χ3n) is 2.92. The van der Waals surface area contributed by atoms with Crippen molar-refractivity contribution in [2.75, 3.05) is 11.9 Å². The molecule has 0 aromatic heterocycles. The van der Waals surface area contributed by atoms with E-state index in [2.05, 4.69) is 38.4 Å². The molecule has 0 unspecified atom stereocenters. The largest absolute Gasteiger partial charge is 0.506 e. The van der Waals surface area contributed by atoms with Gasteiger partial charge in [-0.1, -0.05) is 12.1 Å². The van der Waals surface area contributed by atoms with Crippen LogP contribution in [-0.4, -0.2) is 23.8 Å². The number of aryl methyl sites for hydroxylation is 1. The van der Waals surface area contributed by atoms with Crippen LogP contribution in [0.3, 0.4) is 0 Å². The number of carbonyl (C=O) groups excluding carboxylic acids is 1. The molecule has 1 amide bonds. The van der Waals surface area contributed by atoms with E-state index in [4.69, 9.17) is 0 Å². The number of hydrogen-bond acceptors (Lipinski definition) is 4. The van der Waals surface area contributed by atoms with Crippen LogP contribution >= 0.6 is 45.2 Å². The normalized spacial score (nSPS) is 10.7. The molecule has 0 saturated carbocycles. The number of carbonyl (C=O) groups is 1. The number of rotatable bonds is 5. The van der Waals surface area contributed by atoms with E-state index in [1.165, 1.54) is 6.21 Å². The molecule has 0 aliphatic rings. The Labute approximate surface area is 161 Å². The predicted molar refractivity (Wildman–Crippen MR) is 109 cm³/mol. The molecule has 0 aliphatic heterocycles. The molecule has 7 heteroatoms. The SMILES string of the molecule is Cc1cccc(NCC(=O)N/N=C\c2cc(I)cc(I)c2O)c1. The number of aromatic hydroxyl groups is 1. The molecule has 0 radical (unpaired) electrons. The fourth-order valence-corrected chi connectivity index (χ4v) is 3.72. The summed E-state index contributed by atoms with van der Waals surface area (Å²) in [5.74, 6) is -0.107. The molecule has 0 fully saturated rings. The zero-order chi connectivity index (χ0) is 16.8. The highest BCUT2D eigenvalue weighted by molar-refractivity contribution is 14.1. The Bertz CT molecular complexity index is 748. The number of hydrogen-bond donors (Lipinski definition) is 3. The van der Waals surface area contributed by atoms with Crippen LogP contribution in [0.25, 0.3) is 0 Å². The number of anilines is 1. The fraction of sp³-hybridized carbons (Fsp3) is 0.125. The first-order valence-electron chi connectivity index (χ1n) is 6.76. The zero-order valence-electron chi connectivity index (χ0n) is 12.3. The van der Waals surface area contributed by atoms with Gasteiger partial charge in [0.2, 0.25) is 0 Å². The molecule has 0 heterocycles. The van der Waals surface area contributed by atoms with E-state index in [1.807, 2.05) is 59.8 Å². The maximum Gasteiger partial charge on any atom is 0.259 e. The summed E-state index contributed by atoms with van der Waals surface area (Å²) in [5.41, 5.74) is 5.00. The Morgan fingerprint density at radius 1 is 1.30 bits per heavy atom. The minimum Gasteiger partial charge on any atom is -0.506 e. The summed E-state index contributed by atoms with van der Waals surface area (Å²) < 4.78 is 1.72. The van der Waals surface area contributed by atoms with Gasteiger partial charge >= 0.3 is 0 Å². The highest BCUT2D eigenvalue weighted by Crippen LogP contribution is 2.25. The van der Waals surface area contributed by atoms with Gasteiger partial charge in [-0.05, 0) is 81.9 Å². The Kier molecular flexibility index (Phi) is 6.63. The quantitative estimate of drug-likeness (QED) is 0.312. The number of amides is 1. The topological polar surface area (TPSA) is 73.7 Å². The van der Waals surface area contributed by atoms with Crippen LogP contribution in [-0.2, 0) is 4.79 Å². The monoisotopic (exact) mass is 535 g/mol. The molecule has 0 saturated heterocycles. The average Bonchev–Trinajstić information content (AvgIpc) is 2.50. The van der Waals surface area contributed by atoms with Crippen molar-refractivity contribution in [3.63, 3.8) is 0 Å². The van der Waals surface area contributed by atoms with Gasteiger partial charge in [0, 0.05) is 14.8 Å². The van der Waals surface area contributed by atoms with Crippen LogP contribution in [0.15, 0.2) is 41.5 Å². The van der Waals surface area contributed by atoms with Gasteiger partial charge in [-0.25, -0.2) is 5.43 Å².